The van der Waals surface area contributed by atoms with Crippen LogP contribution < -0.4 is 4.74 Å². The van der Waals surface area contributed by atoms with Gasteiger partial charge in [0.05, 0.1) is 22.6 Å². The quantitative estimate of drug-likeness (QED) is 0.187. The standard InChI is InChI=1S/C46H25N5O/c47-26-28-18-21-35-36-24-31-19-20-32(45-50-43(29-10-3-1-4-11-29)49-44(51-45)30-12-5-2-6-13-30)23-34(31)25-40(36)46(39(35)22-28)37-15-7-8-17-41(37)52-42-33(27-48)14-9-16-38(42)46/h1-25H. The summed E-state index contributed by atoms with van der Waals surface area (Å²) in [5, 5.41) is 22.4. The molecule has 1 aliphatic heterocycles. The van der Waals surface area contributed by atoms with E-state index in [2.05, 4.69) is 54.6 Å². The van der Waals surface area contributed by atoms with Crippen LogP contribution in [0.1, 0.15) is 33.4 Å². The number of nitriles is 2. The summed E-state index contributed by atoms with van der Waals surface area (Å²) in [4.78, 5) is 14.9. The molecule has 2 heterocycles. The van der Waals surface area contributed by atoms with Gasteiger partial charge in [-0.25, -0.2) is 15.0 Å². The summed E-state index contributed by atoms with van der Waals surface area (Å²) in [6, 6.07) is 55.1. The molecule has 0 amide bonds. The molecule has 8 aromatic rings. The molecule has 10 rings (SSSR count). The second-order valence-electron chi connectivity index (χ2n) is 13.0. The third-order valence-corrected chi connectivity index (χ3v) is 10.2. The van der Waals surface area contributed by atoms with Crippen LogP contribution in [0.15, 0.2) is 152 Å². The predicted molar refractivity (Wildman–Crippen MR) is 200 cm³/mol. The minimum Gasteiger partial charge on any atom is -0.455 e. The normalized spacial score (nSPS) is 14.7. The molecule has 0 fully saturated rings. The van der Waals surface area contributed by atoms with Crippen LogP contribution in [0.2, 0.25) is 0 Å². The zero-order chi connectivity index (χ0) is 34.8. The van der Waals surface area contributed by atoms with Crippen LogP contribution in [-0.4, -0.2) is 15.0 Å². The van der Waals surface area contributed by atoms with E-state index < -0.39 is 5.41 Å². The van der Waals surface area contributed by atoms with E-state index in [-0.39, 0.29) is 0 Å². The highest BCUT2D eigenvalue weighted by Crippen LogP contribution is 2.63. The van der Waals surface area contributed by atoms with Gasteiger partial charge in [-0.05, 0) is 75.5 Å². The monoisotopic (exact) mass is 663 g/mol. The van der Waals surface area contributed by atoms with Gasteiger partial charge in [0, 0.05) is 27.8 Å². The Balaban J connectivity index is 1.25. The van der Waals surface area contributed by atoms with Gasteiger partial charge in [-0.1, -0.05) is 109 Å². The first-order valence-electron chi connectivity index (χ1n) is 17.0. The first-order chi connectivity index (χ1) is 25.6. The van der Waals surface area contributed by atoms with Crippen molar-refractivity contribution in [2.75, 3.05) is 0 Å². The molecule has 1 unspecified atom stereocenters. The third-order valence-electron chi connectivity index (χ3n) is 10.2. The molecule has 240 valence electrons. The number of rotatable bonds is 3. The lowest BCUT2D eigenvalue weighted by atomic mass is 9.65. The third kappa shape index (κ3) is 4.25. The summed E-state index contributed by atoms with van der Waals surface area (Å²) < 4.78 is 6.52. The Morgan fingerprint density at radius 2 is 1.12 bits per heavy atom. The Kier molecular flexibility index (Phi) is 6.42. The Bertz CT molecular complexity index is 2800. The van der Waals surface area contributed by atoms with E-state index in [9.17, 15) is 10.5 Å². The average Bonchev–Trinajstić information content (AvgIpc) is 3.48. The van der Waals surface area contributed by atoms with E-state index in [1.54, 1.807) is 6.07 Å². The van der Waals surface area contributed by atoms with Gasteiger partial charge in [-0.2, -0.15) is 10.5 Å². The van der Waals surface area contributed by atoms with Crippen molar-refractivity contribution in [2.24, 2.45) is 0 Å². The molecular formula is C46H25N5O. The second-order valence-corrected chi connectivity index (χ2v) is 13.0. The number of para-hydroxylation sites is 2. The Hall–Kier alpha value is -7.41. The zero-order valence-corrected chi connectivity index (χ0v) is 27.6. The molecule has 7 aromatic carbocycles. The molecular weight excluding hydrogens is 639 g/mol. The topological polar surface area (TPSA) is 95.5 Å². The molecule has 1 aliphatic carbocycles. The fourth-order valence-corrected chi connectivity index (χ4v) is 7.94. The van der Waals surface area contributed by atoms with Crippen molar-refractivity contribution in [3.05, 3.63) is 185 Å². The largest absolute Gasteiger partial charge is 0.455 e. The first kappa shape index (κ1) is 29.5. The number of hydrogen-bond donors (Lipinski definition) is 0. The van der Waals surface area contributed by atoms with Gasteiger partial charge in [0.15, 0.2) is 17.5 Å². The molecule has 0 N–H and O–H groups in total. The van der Waals surface area contributed by atoms with E-state index in [4.69, 9.17) is 19.7 Å². The van der Waals surface area contributed by atoms with E-state index in [0.29, 0.717) is 40.1 Å². The molecule has 6 heteroatoms. The number of nitrogens with zero attached hydrogens (tertiary/aromatic N) is 5. The van der Waals surface area contributed by atoms with Crippen molar-refractivity contribution in [1.82, 2.24) is 15.0 Å². The van der Waals surface area contributed by atoms with Crippen molar-refractivity contribution < 1.29 is 4.74 Å². The summed E-state index contributed by atoms with van der Waals surface area (Å²) in [5.41, 5.74) is 8.85. The van der Waals surface area contributed by atoms with Crippen molar-refractivity contribution in [1.29, 1.82) is 10.5 Å². The zero-order valence-electron chi connectivity index (χ0n) is 27.6. The highest BCUT2D eigenvalue weighted by atomic mass is 16.5. The summed E-state index contributed by atoms with van der Waals surface area (Å²) in [6.45, 7) is 0. The maximum absolute atomic E-state index is 10.2. The van der Waals surface area contributed by atoms with Crippen molar-refractivity contribution >= 4 is 10.8 Å². The van der Waals surface area contributed by atoms with Crippen LogP contribution in [-0.2, 0) is 5.41 Å². The van der Waals surface area contributed by atoms with E-state index in [1.165, 1.54) is 0 Å². The Morgan fingerprint density at radius 3 is 1.83 bits per heavy atom. The Labute approximate surface area is 299 Å². The summed E-state index contributed by atoms with van der Waals surface area (Å²) >= 11 is 0. The number of fused-ring (bicyclic) bond motifs is 10. The number of hydrogen-bond acceptors (Lipinski definition) is 6. The molecule has 0 radical (unpaired) electrons. The fraction of sp³-hybridized carbons (Fsp3) is 0.0217. The van der Waals surface area contributed by atoms with Crippen LogP contribution >= 0.6 is 0 Å². The van der Waals surface area contributed by atoms with Gasteiger partial charge >= 0.3 is 0 Å². The molecule has 0 saturated heterocycles. The molecule has 0 bridgehead atoms. The van der Waals surface area contributed by atoms with Crippen LogP contribution in [0.5, 0.6) is 11.5 Å². The summed E-state index contributed by atoms with van der Waals surface area (Å²) in [5.74, 6) is 2.99. The number of benzene rings is 7. The first-order valence-corrected chi connectivity index (χ1v) is 17.0. The average molecular weight is 664 g/mol. The van der Waals surface area contributed by atoms with E-state index in [1.807, 2.05) is 103 Å². The number of ether oxygens (including phenoxy) is 1. The van der Waals surface area contributed by atoms with Gasteiger partial charge in [0.2, 0.25) is 0 Å². The summed E-state index contributed by atoms with van der Waals surface area (Å²) in [6.07, 6.45) is 0. The SMILES string of the molecule is N#Cc1ccc2c(c1)C1(c3ccccc3Oc3c(C#N)cccc31)c1cc3cc(-c4nc(-c5ccccc5)nc(-c5ccccc5)n4)ccc3cc1-2. The molecule has 1 aromatic heterocycles. The Morgan fingerprint density at radius 1 is 0.462 bits per heavy atom. The minimum atomic E-state index is -0.840. The summed E-state index contributed by atoms with van der Waals surface area (Å²) in [7, 11) is 0. The van der Waals surface area contributed by atoms with Gasteiger partial charge in [-0.15, -0.1) is 0 Å². The second kappa shape index (κ2) is 11.3. The van der Waals surface area contributed by atoms with Crippen LogP contribution in [0, 0.1) is 22.7 Å². The molecule has 1 atom stereocenters. The molecule has 1 spiro atoms. The lowest BCUT2D eigenvalue weighted by molar-refractivity contribution is 0.435. The van der Waals surface area contributed by atoms with Gasteiger partial charge in [0.25, 0.3) is 0 Å². The number of aromatic nitrogens is 3. The van der Waals surface area contributed by atoms with Crippen molar-refractivity contribution in [3.63, 3.8) is 0 Å². The van der Waals surface area contributed by atoms with Crippen LogP contribution in [0.3, 0.4) is 0 Å². The van der Waals surface area contributed by atoms with E-state index in [0.717, 1.165) is 60.8 Å². The smallest absolute Gasteiger partial charge is 0.164 e. The molecule has 0 saturated carbocycles. The van der Waals surface area contributed by atoms with Crippen LogP contribution in [0.4, 0.5) is 0 Å². The molecule has 2 aliphatic rings. The fourth-order valence-electron chi connectivity index (χ4n) is 7.94. The van der Waals surface area contributed by atoms with Gasteiger partial charge in [-0.3, -0.25) is 0 Å². The maximum Gasteiger partial charge on any atom is 0.164 e. The molecule has 52 heavy (non-hydrogen) atoms. The van der Waals surface area contributed by atoms with Gasteiger partial charge in [0.1, 0.15) is 17.6 Å². The highest BCUT2D eigenvalue weighted by molar-refractivity contribution is 5.98. The minimum absolute atomic E-state index is 0.458. The van der Waals surface area contributed by atoms with Gasteiger partial charge < -0.3 is 4.74 Å². The van der Waals surface area contributed by atoms with Crippen molar-refractivity contribution in [3.8, 4) is 68.9 Å². The highest BCUT2D eigenvalue weighted by Gasteiger charge is 2.51. The van der Waals surface area contributed by atoms with Crippen molar-refractivity contribution in [2.45, 2.75) is 5.41 Å². The van der Waals surface area contributed by atoms with E-state index >= 15 is 0 Å². The lowest BCUT2D eigenvalue weighted by Crippen LogP contribution is -2.32. The maximum atomic E-state index is 10.2. The molecule has 6 nitrogen and oxygen atoms in total. The predicted octanol–water partition coefficient (Wildman–Crippen LogP) is 10.2. The lowest BCUT2D eigenvalue weighted by Gasteiger charge is -2.39. The van der Waals surface area contributed by atoms with Crippen LogP contribution in [0.25, 0.3) is 56.1 Å².